The fourth-order valence-electron chi connectivity index (χ4n) is 1.28. The summed E-state index contributed by atoms with van der Waals surface area (Å²) in [6, 6.07) is 5.67. The van der Waals surface area contributed by atoms with Crippen LogP contribution < -0.4 is 10.6 Å². The molecule has 0 saturated carbocycles. The zero-order valence-electron chi connectivity index (χ0n) is 9.70. The van der Waals surface area contributed by atoms with Crippen molar-refractivity contribution in [2.24, 2.45) is 0 Å². The quantitative estimate of drug-likeness (QED) is 0.678. The van der Waals surface area contributed by atoms with Crippen molar-refractivity contribution in [3.05, 3.63) is 30.1 Å². The van der Waals surface area contributed by atoms with Crippen LogP contribution in [0.3, 0.4) is 0 Å². The van der Waals surface area contributed by atoms with Crippen LogP contribution in [-0.4, -0.2) is 24.0 Å². The highest BCUT2D eigenvalue weighted by atomic mass is 16.1. The maximum Gasteiger partial charge on any atom is 0.221 e. The number of aromatic nitrogens is 1. The van der Waals surface area contributed by atoms with Gasteiger partial charge in [-0.15, -0.1) is 0 Å². The molecule has 88 valence electrons. The molecule has 1 heterocycles. The number of rotatable bonds is 7. The van der Waals surface area contributed by atoms with Gasteiger partial charge in [0.05, 0.1) is 12.2 Å². The van der Waals surface area contributed by atoms with Crippen LogP contribution in [0.4, 0.5) is 0 Å². The summed E-state index contributed by atoms with van der Waals surface area (Å²) in [5.41, 5.74) is 0.886. The van der Waals surface area contributed by atoms with Gasteiger partial charge < -0.3 is 10.6 Å². The third-order valence-corrected chi connectivity index (χ3v) is 2.15. The van der Waals surface area contributed by atoms with Gasteiger partial charge >= 0.3 is 0 Å². The van der Waals surface area contributed by atoms with Crippen LogP contribution >= 0.6 is 0 Å². The zero-order valence-corrected chi connectivity index (χ0v) is 9.70. The standard InChI is InChI=1S/C12H19N3O/c1-2-7-13-9-6-12(16)15-10-11-5-3-4-8-14-11/h3-5,8,13H,2,6-7,9-10H2,1H3,(H,15,16). The van der Waals surface area contributed by atoms with Gasteiger partial charge in [-0.05, 0) is 25.1 Å². The lowest BCUT2D eigenvalue weighted by atomic mass is 10.3. The number of amides is 1. The minimum Gasteiger partial charge on any atom is -0.350 e. The first-order valence-corrected chi connectivity index (χ1v) is 5.70. The largest absolute Gasteiger partial charge is 0.350 e. The first-order chi connectivity index (χ1) is 7.83. The summed E-state index contributed by atoms with van der Waals surface area (Å²) in [4.78, 5) is 15.5. The molecule has 1 aromatic rings. The van der Waals surface area contributed by atoms with Gasteiger partial charge in [0.25, 0.3) is 0 Å². The van der Waals surface area contributed by atoms with Crippen molar-refractivity contribution in [3.8, 4) is 0 Å². The second-order valence-corrected chi connectivity index (χ2v) is 3.60. The molecule has 0 atom stereocenters. The Balaban J connectivity index is 2.11. The first kappa shape index (κ1) is 12.6. The van der Waals surface area contributed by atoms with Crippen molar-refractivity contribution in [1.82, 2.24) is 15.6 Å². The van der Waals surface area contributed by atoms with E-state index in [4.69, 9.17) is 0 Å². The van der Waals surface area contributed by atoms with E-state index in [1.165, 1.54) is 0 Å². The molecule has 1 rings (SSSR count). The molecular formula is C12H19N3O. The van der Waals surface area contributed by atoms with Gasteiger partial charge in [0.15, 0.2) is 0 Å². The van der Waals surface area contributed by atoms with E-state index in [9.17, 15) is 4.79 Å². The number of carbonyl (C=O) groups is 1. The van der Waals surface area contributed by atoms with Crippen molar-refractivity contribution < 1.29 is 4.79 Å². The molecule has 0 aliphatic carbocycles. The highest BCUT2D eigenvalue weighted by molar-refractivity contribution is 5.75. The average molecular weight is 221 g/mol. The van der Waals surface area contributed by atoms with Gasteiger partial charge in [-0.1, -0.05) is 13.0 Å². The van der Waals surface area contributed by atoms with Crippen LogP contribution in [0.1, 0.15) is 25.5 Å². The smallest absolute Gasteiger partial charge is 0.221 e. The topological polar surface area (TPSA) is 54.0 Å². The monoisotopic (exact) mass is 221 g/mol. The zero-order chi connectivity index (χ0) is 11.6. The minimum atomic E-state index is 0.0641. The molecule has 0 unspecified atom stereocenters. The van der Waals surface area contributed by atoms with Gasteiger partial charge in [-0.25, -0.2) is 0 Å². The Labute approximate surface area is 96.5 Å². The second kappa shape index (κ2) is 7.82. The van der Waals surface area contributed by atoms with Crippen LogP contribution in [0, 0.1) is 0 Å². The first-order valence-electron chi connectivity index (χ1n) is 5.70. The third kappa shape index (κ3) is 5.46. The van der Waals surface area contributed by atoms with E-state index in [1.807, 2.05) is 18.2 Å². The van der Waals surface area contributed by atoms with Crippen LogP contribution in [0.15, 0.2) is 24.4 Å². The molecule has 0 aliphatic heterocycles. The fourth-order valence-corrected chi connectivity index (χ4v) is 1.28. The van der Waals surface area contributed by atoms with E-state index >= 15 is 0 Å². The summed E-state index contributed by atoms with van der Waals surface area (Å²) in [6.45, 7) is 4.32. The number of nitrogens with one attached hydrogen (secondary N) is 2. The maximum atomic E-state index is 11.4. The number of hydrogen-bond donors (Lipinski definition) is 2. The summed E-state index contributed by atoms with van der Waals surface area (Å²) in [6.07, 6.45) is 3.34. The molecule has 0 spiro atoms. The molecule has 0 aromatic carbocycles. The van der Waals surface area contributed by atoms with E-state index in [0.717, 1.165) is 25.2 Å². The SMILES string of the molecule is CCCNCCC(=O)NCc1ccccn1. The van der Waals surface area contributed by atoms with Crippen molar-refractivity contribution >= 4 is 5.91 Å². The highest BCUT2D eigenvalue weighted by Crippen LogP contribution is 1.92. The summed E-state index contributed by atoms with van der Waals surface area (Å²) < 4.78 is 0. The number of hydrogen-bond acceptors (Lipinski definition) is 3. The Morgan fingerprint density at radius 2 is 2.25 bits per heavy atom. The Kier molecular flexibility index (Phi) is 6.18. The predicted octanol–water partition coefficient (Wildman–Crippen LogP) is 1.09. The molecule has 1 aromatic heterocycles. The second-order valence-electron chi connectivity index (χ2n) is 3.60. The molecule has 1 amide bonds. The van der Waals surface area contributed by atoms with Crippen LogP contribution in [0.2, 0.25) is 0 Å². The molecule has 4 nitrogen and oxygen atoms in total. The van der Waals surface area contributed by atoms with E-state index in [-0.39, 0.29) is 5.91 Å². The van der Waals surface area contributed by atoms with Crippen molar-refractivity contribution in [3.63, 3.8) is 0 Å². The van der Waals surface area contributed by atoms with Gasteiger partial charge in [-0.3, -0.25) is 9.78 Å². The van der Waals surface area contributed by atoms with Crippen molar-refractivity contribution in [2.75, 3.05) is 13.1 Å². The molecule has 0 fully saturated rings. The van der Waals surface area contributed by atoms with Crippen LogP contribution in [-0.2, 0) is 11.3 Å². The van der Waals surface area contributed by atoms with Gasteiger partial charge in [0.2, 0.25) is 5.91 Å². The lowest BCUT2D eigenvalue weighted by molar-refractivity contribution is -0.121. The Bertz CT molecular complexity index is 300. The maximum absolute atomic E-state index is 11.4. The fraction of sp³-hybridized carbons (Fsp3) is 0.500. The summed E-state index contributed by atoms with van der Waals surface area (Å²) >= 11 is 0. The lowest BCUT2D eigenvalue weighted by Gasteiger charge is -2.05. The average Bonchev–Trinajstić information content (AvgIpc) is 2.33. The third-order valence-electron chi connectivity index (χ3n) is 2.15. The molecule has 4 heteroatoms. The summed E-state index contributed by atoms with van der Waals surface area (Å²) in [5, 5.41) is 6.02. The molecule has 0 saturated heterocycles. The van der Waals surface area contributed by atoms with Crippen molar-refractivity contribution in [2.45, 2.75) is 26.3 Å². The van der Waals surface area contributed by atoms with E-state index < -0.39 is 0 Å². The van der Waals surface area contributed by atoms with Gasteiger partial charge in [-0.2, -0.15) is 0 Å². The molecule has 16 heavy (non-hydrogen) atoms. The predicted molar refractivity (Wildman–Crippen MR) is 63.9 cm³/mol. The van der Waals surface area contributed by atoms with E-state index in [0.29, 0.717) is 13.0 Å². The molecule has 0 bridgehead atoms. The van der Waals surface area contributed by atoms with E-state index in [2.05, 4.69) is 22.5 Å². The van der Waals surface area contributed by atoms with Gasteiger partial charge in [0, 0.05) is 19.2 Å². The highest BCUT2D eigenvalue weighted by Gasteiger charge is 2.00. The Morgan fingerprint density at radius 3 is 2.94 bits per heavy atom. The summed E-state index contributed by atoms with van der Waals surface area (Å²) in [5.74, 6) is 0.0641. The number of pyridine rings is 1. The number of carbonyl (C=O) groups excluding carboxylic acids is 1. The minimum absolute atomic E-state index is 0.0641. The molecule has 0 radical (unpaired) electrons. The number of nitrogens with zero attached hydrogens (tertiary/aromatic N) is 1. The van der Waals surface area contributed by atoms with Crippen LogP contribution in [0.25, 0.3) is 0 Å². The lowest BCUT2D eigenvalue weighted by Crippen LogP contribution is -2.27. The van der Waals surface area contributed by atoms with Crippen LogP contribution in [0.5, 0.6) is 0 Å². The molecule has 0 aliphatic rings. The molecule has 2 N–H and O–H groups in total. The van der Waals surface area contributed by atoms with Gasteiger partial charge in [0.1, 0.15) is 0 Å². The van der Waals surface area contributed by atoms with E-state index in [1.54, 1.807) is 6.20 Å². The summed E-state index contributed by atoms with van der Waals surface area (Å²) in [7, 11) is 0. The normalized spacial score (nSPS) is 10.1. The Morgan fingerprint density at radius 1 is 1.38 bits per heavy atom. The van der Waals surface area contributed by atoms with Crippen molar-refractivity contribution in [1.29, 1.82) is 0 Å². The Hall–Kier alpha value is -1.42. The molecular weight excluding hydrogens is 202 g/mol.